The zero-order valence-electron chi connectivity index (χ0n) is 11.4. The standard InChI is InChI=1S/C16H13NO4/c1-8-6-10-12(21-8)3-4-13-15(10)11(7-20-13)9-2-5-14(18)17-16(9)19/h3-4,6-7,9H,2,5H2,1H3,(H,17,18,19)/t9-/m0/s1. The summed E-state index contributed by atoms with van der Waals surface area (Å²) in [6, 6.07) is 5.65. The van der Waals surface area contributed by atoms with Crippen LogP contribution in [-0.4, -0.2) is 11.8 Å². The molecule has 3 heterocycles. The van der Waals surface area contributed by atoms with Crippen molar-refractivity contribution in [3.8, 4) is 0 Å². The van der Waals surface area contributed by atoms with Gasteiger partial charge in [0, 0.05) is 22.8 Å². The number of hydrogen-bond donors (Lipinski definition) is 1. The molecule has 0 spiro atoms. The van der Waals surface area contributed by atoms with E-state index in [9.17, 15) is 9.59 Å². The first-order valence-electron chi connectivity index (χ1n) is 6.87. The number of furan rings is 2. The number of fused-ring (bicyclic) bond motifs is 3. The van der Waals surface area contributed by atoms with Crippen molar-refractivity contribution in [2.45, 2.75) is 25.7 Å². The smallest absolute Gasteiger partial charge is 0.234 e. The van der Waals surface area contributed by atoms with E-state index >= 15 is 0 Å². The predicted octanol–water partition coefficient (Wildman–Crippen LogP) is 3.01. The van der Waals surface area contributed by atoms with Crippen LogP contribution in [0.2, 0.25) is 0 Å². The van der Waals surface area contributed by atoms with Gasteiger partial charge in [0.1, 0.15) is 16.9 Å². The van der Waals surface area contributed by atoms with Gasteiger partial charge < -0.3 is 8.83 Å². The van der Waals surface area contributed by atoms with Crippen molar-refractivity contribution in [1.29, 1.82) is 0 Å². The Hall–Kier alpha value is -2.56. The maximum atomic E-state index is 12.1. The van der Waals surface area contributed by atoms with Gasteiger partial charge in [-0.2, -0.15) is 0 Å². The van der Waals surface area contributed by atoms with Gasteiger partial charge in [0.15, 0.2) is 0 Å². The summed E-state index contributed by atoms with van der Waals surface area (Å²) in [7, 11) is 0. The van der Waals surface area contributed by atoms with E-state index in [-0.39, 0.29) is 17.7 Å². The number of nitrogens with one attached hydrogen (secondary N) is 1. The first kappa shape index (κ1) is 12.2. The molecule has 1 aliphatic rings. The van der Waals surface area contributed by atoms with Gasteiger partial charge >= 0.3 is 0 Å². The number of carbonyl (C=O) groups is 2. The van der Waals surface area contributed by atoms with Crippen LogP contribution in [0.15, 0.2) is 33.3 Å². The number of carbonyl (C=O) groups excluding carboxylic acids is 2. The summed E-state index contributed by atoms with van der Waals surface area (Å²) in [4.78, 5) is 23.4. The summed E-state index contributed by atoms with van der Waals surface area (Å²) in [5.41, 5.74) is 2.32. The molecular weight excluding hydrogens is 270 g/mol. The van der Waals surface area contributed by atoms with Crippen molar-refractivity contribution >= 4 is 33.8 Å². The van der Waals surface area contributed by atoms with Gasteiger partial charge in [-0.25, -0.2) is 0 Å². The molecule has 0 radical (unpaired) electrons. The van der Waals surface area contributed by atoms with E-state index in [1.165, 1.54) is 0 Å². The molecule has 5 nitrogen and oxygen atoms in total. The molecule has 1 fully saturated rings. The zero-order chi connectivity index (χ0) is 14.6. The molecule has 2 amide bonds. The molecule has 4 rings (SSSR count). The van der Waals surface area contributed by atoms with Crippen LogP contribution < -0.4 is 5.32 Å². The molecule has 0 saturated carbocycles. The molecule has 106 valence electrons. The minimum absolute atomic E-state index is 0.214. The van der Waals surface area contributed by atoms with Crippen molar-refractivity contribution in [1.82, 2.24) is 5.32 Å². The van der Waals surface area contributed by atoms with Crippen molar-refractivity contribution in [3.05, 3.63) is 35.8 Å². The highest BCUT2D eigenvalue weighted by atomic mass is 16.3. The number of imide groups is 1. The van der Waals surface area contributed by atoms with Crippen LogP contribution in [0.4, 0.5) is 0 Å². The Labute approximate surface area is 119 Å². The van der Waals surface area contributed by atoms with Crippen LogP contribution in [0.25, 0.3) is 21.9 Å². The molecule has 0 aliphatic carbocycles. The summed E-state index contributed by atoms with van der Waals surface area (Å²) >= 11 is 0. The Bertz CT molecular complexity index is 886. The Morgan fingerprint density at radius 2 is 2.05 bits per heavy atom. The molecule has 21 heavy (non-hydrogen) atoms. The van der Waals surface area contributed by atoms with Crippen LogP contribution in [0.5, 0.6) is 0 Å². The van der Waals surface area contributed by atoms with Crippen LogP contribution in [0.1, 0.15) is 30.1 Å². The topological polar surface area (TPSA) is 72.5 Å². The fourth-order valence-corrected chi connectivity index (χ4v) is 3.05. The second kappa shape index (κ2) is 4.22. The van der Waals surface area contributed by atoms with Crippen LogP contribution in [0, 0.1) is 6.92 Å². The number of benzene rings is 1. The third-order valence-corrected chi connectivity index (χ3v) is 4.00. The Morgan fingerprint density at radius 1 is 1.24 bits per heavy atom. The number of rotatable bonds is 1. The minimum Gasteiger partial charge on any atom is -0.464 e. The van der Waals surface area contributed by atoms with Crippen LogP contribution >= 0.6 is 0 Å². The van der Waals surface area contributed by atoms with Gasteiger partial charge in [-0.1, -0.05) is 0 Å². The molecule has 1 aliphatic heterocycles. The highest BCUT2D eigenvalue weighted by molar-refractivity contribution is 6.09. The number of piperidine rings is 1. The maximum Gasteiger partial charge on any atom is 0.234 e. The van der Waals surface area contributed by atoms with E-state index in [0.29, 0.717) is 12.8 Å². The number of hydrogen-bond acceptors (Lipinski definition) is 4. The number of aryl methyl sites for hydroxylation is 1. The number of amides is 2. The summed E-state index contributed by atoms with van der Waals surface area (Å²) in [5, 5.41) is 4.24. The van der Waals surface area contributed by atoms with E-state index in [0.717, 1.165) is 33.3 Å². The molecular formula is C16H13NO4. The zero-order valence-corrected chi connectivity index (χ0v) is 11.4. The van der Waals surface area contributed by atoms with Gasteiger partial charge in [-0.15, -0.1) is 0 Å². The summed E-state index contributed by atoms with van der Waals surface area (Å²) in [6.45, 7) is 1.89. The molecule has 2 aromatic heterocycles. The molecule has 0 unspecified atom stereocenters. The highest BCUT2D eigenvalue weighted by Crippen LogP contribution is 2.37. The quantitative estimate of drug-likeness (QED) is 0.697. The normalized spacial score (nSPS) is 19.4. The van der Waals surface area contributed by atoms with Crippen LogP contribution in [0.3, 0.4) is 0 Å². The molecule has 1 N–H and O–H groups in total. The van der Waals surface area contributed by atoms with E-state index < -0.39 is 0 Å². The van der Waals surface area contributed by atoms with Crippen LogP contribution in [-0.2, 0) is 9.59 Å². The van der Waals surface area contributed by atoms with Gasteiger partial charge in [-0.05, 0) is 31.5 Å². The van der Waals surface area contributed by atoms with Crippen molar-refractivity contribution in [3.63, 3.8) is 0 Å². The lowest BCUT2D eigenvalue weighted by Crippen LogP contribution is -2.39. The maximum absolute atomic E-state index is 12.1. The van der Waals surface area contributed by atoms with Gasteiger partial charge in [-0.3, -0.25) is 14.9 Å². The summed E-state index contributed by atoms with van der Waals surface area (Å²) < 4.78 is 11.2. The van der Waals surface area contributed by atoms with E-state index in [2.05, 4.69) is 5.32 Å². The monoisotopic (exact) mass is 283 g/mol. The predicted molar refractivity (Wildman–Crippen MR) is 75.8 cm³/mol. The lowest BCUT2D eigenvalue weighted by atomic mass is 9.89. The molecule has 5 heteroatoms. The summed E-state index contributed by atoms with van der Waals surface area (Å²) in [5.74, 6) is -0.0165. The second-order valence-corrected chi connectivity index (χ2v) is 5.40. The first-order chi connectivity index (χ1) is 10.1. The Balaban J connectivity index is 1.94. The van der Waals surface area contributed by atoms with E-state index in [1.807, 2.05) is 25.1 Å². The highest BCUT2D eigenvalue weighted by Gasteiger charge is 2.31. The Kier molecular flexibility index (Phi) is 2.45. The van der Waals surface area contributed by atoms with Gasteiger partial charge in [0.2, 0.25) is 11.8 Å². The third-order valence-electron chi connectivity index (χ3n) is 4.00. The lowest BCUT2D eigenvalue weighted by molar-refractivity contribution is -0.134. The fraction of sp³-hybridized carbons (Fsp3) is 0.250. The first-order valence-corrected chi connectivity index (χ1v) is 6.87. The largest absolute Gasteiger partial charge is 0.464 e. The summed E-state index contributed by atoms with van der Waals surface area (Å²) in [6.07, 6.45) is 2.47. The minimum atomic E-state index is -0.357. The van der Waals surface area contributed by atoms with Gasteiger partial charge in [0.05, 0.1) is 12.2 Å². The average Bonchev–Trinajstić information content (AvgIpc) is 3.00. The van der Waals surface area contributed by atoms with Crippen molar-refractivity contribution in [2.24, 2.45) is 0 Å². The Morgan fingerprint density at radius 3 is 2.86 bits per heavy atom. The molecule has 1 saturated heterocycles. The lowest BCUT2D eigenvalue weighted by Gasteiger charge is -2.19. The molecule has 1 atom stereocenters. The van der Waals surface area contributed by atoms with Gasteiger partial charge in [0.25, 0.3) is 0 Å². The molecule has 0 bridgehead atoms. The van der Waals surface area contributed by atoms with Crippen molar-refractivity contribution in [2.75, 3.05) is 0 Å². The van der Waals surface area contributed by atoms with E-state index in [1.54, 1.807) is 6.26 Å². The SMILES string of the molecule is Cc1cc2c(ccc3occ([C@@H]4CCC(=O)NC4=O)c32)o1. The molecule has 1 aromatic carbocycles. The van der Waals surface area contributed by atoms with Crippen molar-refractivity contribution < 1.29 is 18.4 Å². The second-order valence-electron chi connectivity index (χ2n) is 5.40. The average molecular weight is 283 g/mol. The molecule has 3 aromatic rings. The third kappa shape index (κ3) is 1.77. The van der Waals surface area contributed by atoms with E-state index in [4.69, 9.17) is 8.83 Å². The fourth-order valence-electron chi connectivity index (χ4n) is 3.05.